The van der Waals surface area contributed by atoms with E-state index >= 15 is 0 Å². The van der Waals surface area contributed by atoms with Crippen molar-refractivity contribution in [3.05, 3.63) is 47.5 Å². The van der Waals surface area contributed by atoms with Gasteiger partial charge in [-0.3, -0.25) is 4.79 Å². The second kappa shape index (κ2) is 7.18. The molecule has 1 unspecified atom stereocenters. The summed E-state index contributed by atoms with van der Waals surface area (Å²) >= 11 is 0. The molecule has 1 saturated heterocycles. The smallest absolute Gasteiger partial charge is 0.398 e. The van der Waals surface area contributed by atoms with Crippen LogP contribution in [0.3, 0.4) is 0 Å². The van der Waals surface area contributed by atoms with E-state index in [0.29, 0.717) is 23.5 Å². The van der Waals surface area contributed by atoms with E-state index in [1.54, 1.807) is 4.52 Å². The summed E-state index contributed by atoms with van der Waals surface area (Å²) in [5.74, 6) is -0.0551. The van der Waals surface area contributed by atoms with Crippen molar-refractivity contribution in [3.63, 3.8) is 0 Å². The lowest BCUT2D eigenvalue weighted by molar-refractivity contribution is 0.00578. The van der Waals surface area contributed by atoms with Crippen molar-refractivity contribution in [2.24, 2.45) is 0 Å². The van der Waals surface area contributed by atoms with E-state index in [4.69, 9.17) is 19.4 Å². The summed E-state index contributed by atoms with van der Waals surface area (Å²) in [5.41, 5.74) is 2.92. The van der Waals surface area contributed by atoms with Crippen LogP contribution in [-0.4, -0.2) is 54.8 Å². The number of aromatic nitrogens is 4. The summed E-state index contributed by atoms with van der Waals surface area (Å²) in [4.78, 5) is 20.1. The van der Waals surface area contributed by atoms with Gasteiger partial charge in [-0.25, -0.2) is 9.50 Å². The van der Waals surface area contributed by atoms with Crippen LogP contribution in [0.25, 0.3) is 5.65 Å². The fraction of sp³-hybridized carbons (Fsp3) is 0.522. The predicted octanol–water partition coefficient (Wildman–Crippen LogP) is 2.61. The van der Waals surface area contributed by atoms with Gasteiger partial charge in [0.15, 0.2) is 5.65 Å². The first kappa shape index (κ1) is 21.2. The van der Waals surface area contributed by atoms with Gasteiger partial charge in [0.2, 0.25) is 0 Å². The highest BCUT2D eigenvalue weighted by Gasteiger charge is 2.52. The zero-order valence-electron chi connectivity index (χ0n) is 19.6. The summed E-state index contributed by atoms with van der Waals surface area (Å²) in [6.45, 7) is 13.6. The highest BCUT2D eigenvalue weighted by Crippen LogP contribution is 2.36. The van der Waals surface area contributed by atoms with E-state index in [9.17, 15) is 4.79 Å². The van der Waals surface area contributed by atoms with E-state index in [0.717, 1.165) is 24.4 Å². The van der Waals surface area contributed by atoms with Gasteiger partial charge in [-0.15, -0.1) is 0 Å². The molecule has 5 rings (SSSR count). The molecule has 168 valence electrons. The Bertz CT molecular complexity index is 1180. The van der Waals surface area contributed by atoms with Crippen molar-refractivity contribution in [1.29, 1.82) is 0 Å². The highest BCUT2D eigenvalue weighted by atomic mass is 16.7. The average Bonchev–Trinajstić information content (AvgIpc) is 3.43. The van der Waals surface area contributed by atoms with E-state index in [-0.39, 0.29) is 11.9 Å². The largest absolute Gasteiger partial charge is 0.516 e. The van der Waals surface area contributed by atoms with Gasteiger partial charge in [0.05, 0.1) is 22.8 Å². The van der Waals surface area contributed by atoms with Crippen LogP contribution in [0, 0.1) is 0 Å². The molecule has 0 bridgehead atoms. The second-order valence-electron chi connectivity index (χ2n) is 9.71. The summed E-state index contributed by atoms with van der Waals surface area (Å²) in [6.07, 6.45) is 2.79. The quantitative estimate of drug-likeness (QED) is 0.592. The third kappa shape index (κ3) is 3.18. The maximum atomic E-state index is 13.5. The molecular formula is C23H30BN5O3. The molecule has 1 fully saturated rings. The average molecular weight is 435 g/mol. The Hall–Kier alpha value is -2.65. The van der Waals surface area contributed by atoms with Gasteiger partial charge in [-0.2, -0.15) is 5.10 Å². The summed E-state index contributed by atoms with van der Waals surface area (Å²) in [6, 6.07) is 7.83. The van der Waals surface area contributed by atoms with Crippen molar-refractivity contribution in [3.8, 4) is 0 Å². The number of nitrogens with zero attached hydrogens (tertiary/aromatic N) is 5. The Balaban J connectivity index is 1.49. The maximum Gasteiger partial charge on any atom is 0.516 e. The van der Waals surface area contributed by atoms with E-state index < -0.39 is 18.3 Å². The fourth-order valence-corrected chi connectivity index (χ4v) is 4.50. The Kier molecular flexibility index (Phi) is 4.76. The molecule has 1 amide bonds. The molecule has 5 heterocycles. The standard InChI is InChI=1S/C23H30BN5O3/c1-7-16-13-17(21(30)28-12-11-27-10-8-9-18(27)15(28)2)25-20-14-19(26-29(16)20)24-31-22(3,4)23(5,6)32-24/h8-10,13-15H,7,11-12H2,1-6H3. The molecule has 2 aliphatic rings. The third-order valence-electron chi connectivity index (χ3n) is 7.20. The molecule has 0 aliphatic carbocycles. The second-order valence-corrected chi connectivity index (χ2v) is 9.71. The Morgan fingerprint density at radius 1 is 1.19 bits per heavy atom. The summed E-state index contributed by atoms with van der Waals surface area (Å²) in [7, 11) is -0.569. The Morgan fingerprint density at radius 3 is 2.59 bits per heavy atom. The van der Waals surface area contributed by atoms with Crippen LogP contribution < -0.4 is 5.59 Å². The van der Waals surface area contributed by atoms with Crippen LogP contribution in [0.2, 0.25) is 0 Å². The van der Waals surface area contributed by atoms with Gasteiger partial charge in [0.25, 0.3) is 5.91 Å². The maximum absolute atomic E-state index is 13.5. The number of hydrogen-bond donors (Lipinski definition) is 0. The van der Waals surface area contributed by atoms with Crippen molar-refractivity contribution in [2.75, 3.05) is 6.54 Å². The minimum absolute atomic E-state index is 0.000392. The Morgan fingerprint density at radius 2 is 1.91 bits per heavy atom. The molecule has 3 aromatic heterocycles. The first-order chi connectivity index (χ1) is 15.1. The molecule has 2 aliphatic heterocycles. The van der Waals surface area contributed by atoms with Crippen molar-refractivity contribution in [1.82, 2.24) is 24.1 Å². The molecule has 9 heteroatoms. The lowest BCUT2D eigenvalue weighted by Crippen LogP contribution is -2.41. The van der Waals surface area contributed by atoms with Gasteiger partial charge in [0, 0.05) is 36.7 Å². The zero-order valence-corrected chi connectivity index (χ0v) is 19.6. The van der Waals surface area contributed by atoms with Crippen molar-refractivity contribution < 1.29 is 14.1 Å². The molecule has 0 N–H and O–H groups in total. The molecular weight excluding hydrogens is 405 g/mol. The van der Waals surface area contributed by atoms with E-state index in [1.165, 1.54) is 0 Å². The fourth-order valence-electron chi connectivity index (χ4n) is 4.50. The van der Waals surface area contributed by atoms with Gasteiger partial charge >= 0.3 is 7.12 Å². The number of hydrogen-bond acceptors (Lipinski definition) is 5. The first-order valence-corrected chi connectivity index (χ1v) is 11.3. The monoisotopic (exact) mass is 435 g/mol. The molecule has 32 heavy (non-hydrogen) atoms. The first-order valence-electron chi connectivity index (χ1n) is 11.3. The van der Waals surface area contributed by atoms with Crippen LogP contribution in [-0.2, 0) is 22.3 Å². The molecule has 0 spiro atoms. The summed E-state index contributed by atoms with van der Waals surface area (Å²) in [5, 5.41) is 4.72. The van der Waals surface area contributed by atoms with Crippen LogP contribution in [0.15, 0.2) is 30.5 Å². The topological polar surface area (TPSA) is 73.9 Å². The zero-order chi connectivity index (χ0) is 22.8. The number of carbonyl (C=O) groups excluding carboxylic acids is 1. The minimum Gasteiger partial charge on any atom is -0.398 e. The van der Waals surface area contributed by atoms with Crippen LogP contribution in [0.4, 0.5) is 0 Å². The van der Waals surface area contributed by atoms with Gasteiger partial charge in [-0.05, 0) is 59.2 Å². The molecule has 0 aromatic carbocycles. The number of amides is 1. The van der Waals surface area contributed by atoms with Gasteiger partial charge < -0.3 is 18.8 Å². The van der Waals surface area contributed by atoms with Crippen LogP contribution in [0.5, 0.6) is 0 Å². The van der Waals surface area contributed by atoms with Gasteiger partial charge in [0.1, 0.15) is 5.69 Å². The number of aryl methyl sites for hydroxylation is 1. The van der Waals surface area contributed by atoms with Crippen LogP contribution >= 0.6 is 0 Å². The number of carbonyl (C=O) groups is 1. The van der Waals surface area contributed by atoms with Gasteiger partial charge in [-0.1, -0.05) is 6.92 Å². The number of fused-ring (bicyclic) bond motifs is 2. The molecule has 1 atom stereocenters. The molecule has 3 aromatic rings. The molecule has 0 radical (unpaired) electrons. The van der Waals surface area contributed by atoms with Crippen molar-refractivity contribution in [2.45, 2.75) is 71.8 Å². The van der Waals surface area contributed by atoms with Crippen molar-refractivity contribution >= 4 is 24.3 Å². The predicted molar refractivity (Wildman–Crippen MR) is 122 cm³/mol. The molecule has 8 nitrogen and oxygen atoms in total. The number of rotatable bonds is 3. The Labute approximate surface area is 188 Å². The van der Waals surface area contributed by atoms with E-state index in [2.05, 4.69) is 30.7 Å². The lowest BCUT2D eigenvalue weighted by atomic mass is 9.85. The normalized spacial score (nSPS) is 21.9. The minimum atomic E-state index is -0.569. The molecule has 0 saturated carbocycles. The highest BCUT2D eigenvalue weighted by molar-refractivity contribution is 6.61. The summed E-state index contributed by atoms with van der Waals surface area (Å²) < 4.78 is 16.3. The third-order valence-corrected chi connectivity index (χ3v) is 7.20. The van der Waals surface area contributed by atoms with Crippen LogP contribution in [0.1, 0.15) is 69.5 Å². The lowest BCUT2D eigenvalue weighted by Gasteiger charge is -2.34. The van der Waals surface area contributed by atoms with E-state index in [1.807, 2.05) is 50.8 Å². The SMILES string of the molecule is CCc1cc(C(=O)N2CCn3cccc3C2C)nc2cc(B3OC(C)(C)C(C)(C)O3)nn12.